The second-order valence-corrected chi connectivity index (χ2v) is 8.70. The summed E-state index contributed by atoms with van der Waals surface area (Å²) in [5.41, 5.74) is 1.59. The van der Waals surface area contributed by atoms with E-state index in [1.165, 1.54) is 6.07 Å². The van der Waals surface area contributed by atoms with Gasteiger partial charge in [-0.25, -0.2) is 4.39 Å². The van der Waals surface area contributed by atoms with Crippen molar-refractivity contribution in [3.05, 3.63) is 29.6 Å². The van der Waals surface area contributed by atoms with Crippen LogP contribution in [0.15, 0.2) is 18.2 Å². The highest BCUT2D eigenvalue weighted by atomic mass is 19.1. The van der Waals surface area contributed by atoms with Crippen molar-refractivity contribution in [3.8, 4) is 0 Å². The molecule has 1 aromatic carbocycles. The molecule has 7 heteroatoms. The summed E-state index contributed by atoms with van der Waals surface area (Å²) in [6.45, 7) is 1.79. The molecular formula is C22H29FN2O4. The Kier molecular flexibility index (Phi) is 5.62. The van der Waals surface area contributed by atoms with Gasteiger partial charge in [0.15, 0.2) is 6.29 Å². The van der Waals surface area contributed by atoms with E-state index in [-0.39, 0.29) is 24.4 Å². The molecule has 1 N–H and O–H groups in total. The fourth-order valence-electron chi connectivity index (χ4n) is 5.36. The molecule has 158 valence electrons. The number of carbonyl (C=O) groups excluding carboxylic acids is 2. The SMILES string of the molecule is COC(OC)C1CC2(CCN(c3ccc(C4CCC(=O)NC4=O)c(F)c3)CC2)C1. The van der Waals surface area contributed by atoms with E-state index >= 15 is 0 Å². The number of rotatable bonds is 5. The van der Waals surface area contributed by atoms with E-state index in [9.17, 15) is 14.0 Å². The van der Waals surface area contributed by atoms with Crippen LogP contribution < -0.4 is 10.2 Å². The summed E-state index contributed by atoms with van der Waals surface area (Å²) in [5, 5.41) is 2.30. The van der Waals surface area contributed by atoms with Gasteiger partial charge in [0.25, 0.3) is 0 Å². The number of imide groups is 1. The lowest BCUT2D eigenvalue weighted by Gasteiger charge is -2.54. The maximum absolute atomic E-state index is 14.8. The Labute approximate surface area is 170 Å². The number of amides is 2. The summed E-state index contributed by atoms with van der Waals surface area (Å²) >= 11 is 0. The highest BCUT2D eigenvalue weighted by Gasteiger charge is 2.48. The molecule has 1 atom stereocenters. The van der Waals surface area contributed by atoms with Gasteiger partial charge in [0.1, 0.15) is 5.82 Å². The smallest absolute Gasteiger partial charge is 0.234 e. The van der Waals surface area contributed by atoms with Crippen molar-refractivity contribution in [2.45, 2.75) is 50.7 Å². The van der Waals surface area contributed by atoms with Gasteiger partial charge < -0.3 is 14.4 Å². The van der Waals surface area contributed by atoms with Gasteiger partial charge in [0.05, 0.1) is 5.92 Å². The number of methoxy groups -OCH3 is 2. The standard InChI is InChI=1S/C22H29FN2O4/c1-28-21(29-2)14-12-22(13-14)7-9-25(10-8-22)15-3-4-16(18(23)11-15)17-5-6-19(26)24-20(17)27/h3-4,11,14,17,21H,5-10,12-13H2,1-2H3,(H,24,26,27). The Morgan fingerprint density at radius 1 is 1.17 bits per heavy atom. The number of hydrogen-bond acceptors (Lipinski definition) is 5. The molecule has 4 rings (SSSR count). The van der Waals surface area contributed by atoms with Crippen LogP contribution in [0.3, 0.4) is 0 Å². The highest BCUT2D eigenvalue weighted by molar-refractivity contribution is 6.01. The molecule has 1 saturated carbocycles. The first kappa shape index (κ1) is 20.3. The Balaban J connectivity index is 1.37. The van der Waals surface area contributed by atoms with Crippen LogP contribution in [0.1, 0.15) is 50.0 Å². The number of piperidine rings is 2. The number of nitrogens with one attached hydrogen (secondary N) is 1. The molecule has 2 aliphatic heterocycles. The molecule has 6 nitrogen and oxygen atoms in total. The predicted molar refractivity (Wildman–Crippen MR) is 106 cm³/mol. The van der Waals surface area contributed by atoms with Gasteiger partial charge in [0, 0.05) is 50.9 Å². The Bertz CT molecular complexity index is 779. The number of halogens is 1. The average Bonchev–Trinajstić information content (AvgIpc) is 2.69. The van der Waals surface area contributed by atoms with E-state index < -0.39 is 11.8 Å². The molecule has 1 unspecified atom stereocenters. The summed E-state index contributed by atoms with van der Waals surface area (Å²) in [6.07, 6.45) is 4.90. The number of benzene rings is 1. The molecule has 2 heterocycles. The minimum absolute atomic E-state index is 0.118. The maximum Gasteiger partial charge on any atom is 0.234 e. The largest absolute Gasteiger partial charge is 0.371 e. The summed E-state index contributed by atoms with van der Waals surface area (Å²) < 4.78 is 25.6. The van der Waals surface area contributed by atoms with Crippen molar-refractivity contribution in [3.63, 3.8) is 0 Å². The summed E-state index contributed by atoms with van der Waals surface area (Å²) in [7, 11) is 3.38. The van der Waals surface area contributed by atoms with Crippen LogP contribution in [0.25, 0.3) is 0 Å². The molecule has 3 aliphatic rings. The lowest BCUT2D eigenvalue weighted by atomic mass is 9.57. The zero-order chi connectivity index (χ0) is 20.6. The lowest BCUT2D eigenvalue weighted by molar-refractivity contribution is -0.184. The third-order valence-electron chi connectivity index (χ3n) is 7.03. The topological polar surface area (TPSA) is 67.9 Å². The van der Waals surface area contributed by atoms with Crippen molar-refractivity contribution < 1.29 is 23.5 Å². The van der Waals surface area contributed by atoms with Gasteiger partial charge in [0.2, 0.25) is 11.8 Å². The Hall–Kier alpha value is -1.99. The molecule has 0 aromatic heterocycles. The van der Waals surface area contributed by atoms with E-state index in [2.05, 4.69) is 10.2 Å². The quantitative estimate of drug-likeness (QED) is 0.604. The van der Waals surface area contributed by atoms with Crippen LogP contribution in [0, 0.1) is 17.2 Å². The van der Waals surface area contributed by atoms with Crippen LogP contribution in [0.5, 0.6) is 0 Å². The van der Waals surface area contributed by atoms with Crippen LogP contribution >= 0.6 is 0 Å². The van der Waals surface area contributed by atoms with Gasteiger partial charge in [-0.2, -0.15) is 0 Å². The highest BCUT2D eigenvalue weighted by Crippen LogP contribution is 2.54. The van der Waals surface area contributed by atoms with Crippen LogP contribution in [0.4, 0.5) is 10.1 Å². The molecule has 2 saturated heterocycles. The van der Waals surface area contributed by atoms with E-state index in [0.717, 1.165) is 44.5 Å². The van der Waals surface area contributed by atoms with Gasteiger partial charge >= 0.3 is 0 Å². The first-order valence-corrected chi connectivity index (χ1v) is 10.4. The van der Waals surface area contributed by atoms with Gasteiger partial charge in [-0.1, -0.05) is 6.07 Å². The summed E-state index contributed by atoms with van der Waals surface area (Å²) in [4.78, 5) is 25.6. The van der Waals surface area contributed by atoms with Gasteiger partial charge in [-0.3, -0.25) is 14.9 Å². The van der Waals surface area contributed by atoms with Crippen molar-refractivity contribution in [1.82, 2.24) is 5.32 Å². The monoisotopic (exact) mass is 404 g/mol. The predicted octanol–water partition coefficient (Wildman–Crippen LogP) is 2.96. The third-order valence-corrected chi connectivity index (χ3v) is 7.03. The molecule has 3 fully saturated rings. The summed E-state index contributed by atoms with van der Waals surface area (Å²) in [6, 6.07) is 5.14. The molecule has 0 radical (unpaired) electrons. The zero-order valence-corrected chi connectivity index (χ0v) is 17.1. The second kappa shape index (κ2) is 8.03. The van der Waals surface area contributed by atoms with Crippen molar-refractivity contribution in [1.29, 1.82) is 0 Å². The number of carbonyl (C=O) groups is 2. The Morgan fingerprint density at radius 3 is 2.45 bits per heavy atom. The van der Waals surface area contributed by atoms with E-state index in [1.54, 1.807) is 20.3 Å². The van der Waals surface area contributed by atoms with Gasteiger partial charge in [-0.05, 0) is 49.7 Å². The molecule has 2 amide bonds. The van der Waals surface area contributed by atoms with Crippen LogP contribution in [-0.2, 0) is 19.1 Å². The lowest BCUT2D eigenvalue weighted by Crippen LogP contribution is -2.50. The fourth-order valence-corrected chi connectivity index (χ4v) is 5.36. The zero-order valence-electron chi connectivity index (χ0n) is 17.1. The molecular weight excluding hydrogens is 375 g/mol. The van der Waals surface area contributed by atoms with E-state index in [1.807, 2.05) is 6.07 Å². The average molecular weight is 404 g/mol. The van der Waals surface area contributed by atoms with E-state index in [0.29, 0.717) is 23.3 Å². The maximum atomic E-state index is 14.8. The van der Waals surface area contributed by atoms with Gasteiger partial charge in [-0.15, -0.1) is 0 Å². The molecule has 1 aromatic rings. The first-order chi connectivity index (χ1) is 13.9. The van der Waals surface area contributed by atoms with Crippen molar-refractivity contribution in [2.24, 2.45) is 11.3 Å². The van der Waals surface area contributed by atoms with Crippen LogP contribution in [-0.4, -0.2) is 45.4 Å². The van der Waals surface area contributed by atoms with E-state index in [4.69, 9.17) is 9.47 Å². The molecule has 0 bridgehead atoms. The minimum Gasteiger partial charge on any atom is -0.371 e. The Morgan fingerprint density at radius 2 is 1.86 bits per heavy atom. The number of ether oxygens (including phenoxy) is 2. The second-order valence-electron chi connectivity index (χ2n) is 8.70. The normalized spacial score (nSPS) is 24.7. The van der Waals surface area contributed by atoms with Crippen molar-refractivity contribution in [2.75, 3.05) is 32.2 Å². The fraction of sp³-hybridized carbons (Fsp3) is 0.636. The number of anilines is 1. The first-order valence-electron chi connectivity index (χ1n) is 10.4. The summed E-state index contributed by atoms with van der Waals surface area (Å²) in [5.74, 6) is -1.19. The molecule has 29 heavy (non-hydrogen) atoms. The van der Waals surface area contributed by atoms with Crippen LogP contribution in [0.2, 0.25) is 0 Å². The van der Waals surface area contributed by atoms with Crippen molar-refractivity contribution >= 4 is 17.5 Å². The molecule has 1 spiro atoms. The number of hydrogen-bond donors (Lipinski definition) is 1. The number of nitrogens with zero attached hydrogens (tertiary/aromatic N) is 1. The third kappa shape index (κ3) is 3.90. The minimum atomic E-state index is -0.590. The molecule has 1 aliphatic carbocycles.